The maximum Gasteiger partial charge on any atom is 0.157 e. The minimum atomic E-state index is 0.0422. The lowest BCUT2D eigenvalue weighted by Gasteiger charge is -2.29. The summed E-state index contributed by atoms with van der Waals surface area (Å²) in [5, 5.41) is 0. The molecule has 0 aromatic carbocycles. The second-order valence-electron chi connectivity index (χ2n) is 4.22. The second kappa shape index (κ2) is 7.89. The Labute approximate surface area is 93.7 Å². The van der Waals surface area contributed by atoms with E-state index in [0.717, 1.165) is 25.9 Å². The fraction of sp³-hybridized carbons (Fsp3) is 0.846. The SMILES string of the molecule is C=CC[C@H]1CCO[C@H](CCCCCC)O1. The predicted molar refractivity (Wildman–Crippen MR) is 62.8 cm³/mol. The lowest BCUT2D eigenvalue weighted by Crippen LogP contribution is -2.31. The quantitative estimate of drug-likeness (QED) is 0.473. The van der Waals surface area contributed by atoms with Crippen LogP contribution in [0.3, 0.4) is 0 Å². The summed E-state index contributed by atoms with van der Waals surface area (Å²) < 4.78 is 11.4. The molecule has 0 N–H and O–H groups in total. The van der Waals surface area contributed by atoms with Crippen molar-refractivity contribution in [3.05, 3.63) is 12.7 Å². The Bertz CT molecular complexity index is 168. The van der Waals surface area contributed by atoms with Gasteiger partial charge >= 0.3 is 0 Å². The summed E-state index contributed by atoms with van der Waals surface area (Å²) in [5.74, 6) is 0. The molecule has 15 heavy (non-hydrogen) atoms. The van der Waals surface area contributed by atoms with Gasteiger partial charge in [-0.25, -0.2) is 0 Å². The van der Waals surface area contributed by atoms with E-state index in [-0.39, 0.29) is 6.29 Å². The highest BCUT2D eigenvalue weighted by molar-refractivity contribution is 4.75. The third-order valence-corrected chi connectivity index (χ3v) is 2.81. The van der Waals surface area contributed by atoms with Gasteiger partial charge < -0.3 is 9.47 Å². The maximum atomic E-state index is 5.81. The molecule has 2 nitrogen and oxygen atoms in total. The van der Waals surface area contributed by atoms with Crippen LogP contribution in [-0.2, 0) is 9.47 Å². The van der Waals surface area contributed by atoms with E-state index in [0.29, 0.717) is 6.10 Å². The maximum absolute atomic E-state index is 5.81. The van der Waals surface area contributed by atoms with E-state index in [4.69, 9.17) is 9.47 Å². The van der Waals surface area contributed by atoms with Crippen LogP contribution in [0.15, 0.2) is 12.7 Å². The molecule has 0 aromatic rings. The van der Waals surface area contributed by atoms with Gasteiger partial charge in [-0.05, 0) is 25.7 Å². The third kappa shape index (κ3) is 5.33. The van der Waals surface area contributed by atoms with Crippen LogP contribution >= 0.6 is 0 Å². The zero-order valence-corrected chi connectivity index (χ0v) is 9.91. The number of rotatable bonds is 7. The van der Waals surface area contributed by atoms with Gasteiger partial charge in [0.15, 0.2) is 6.29 Å². The zero-order valence-electron chi connectivity index (χ0n) is 9.91. The van der Waals surface area contributed by atoms with Crippen LogP contribution in [0, 0.1) is 0 Å². The summed E-state index contributed by atoms with van der Waals surface area (Å²) in [4.78, 5) is 0. The first-order chi connectivity index (χ1) is 7.36. The largest absolute Gasteiger partial charge is 0.353 e. The third-order valence-electron chi connectivity index (χ3n) is 2.81. The van der Waals surface area contributed by atoms with Crippen LogP contribution in [0.1, 0.15) is 51.9 Å². The van der Waals surface area contributed by atoms with E-state index in [2.05, 4.69) is 13.5 Å². The Morgan fingerprint density at radius 2 is 2.20 bits per heavy atom. The molecule has 0 saturated carbocycles. The van der Waals surface area contributed by atoms with E-state index in [9.17, 15) is 0 Å². The van der Waals surface area contributed by atoms with Gasteiger partial charge in [-0.3, -0.25) is 0 Å². The Hall–Kier alpha value is -0.340. The Morgan fingerprint density at radius 3 is 2.93 bits per heavy atom. The van der Waals surface area contributed by atoms with Crippen LogP contribution in [0.4, 0.5) is 0 Å². The lowest BCUT2D eigenvalue weighted by atomic mass is 10.1. The van der Waals surface area contributed by atoms with Crippen molar-refractivity contribution in [1.29, 1.82) is 0 Å². The highest BCUT2D eigenvalue weighted by atomic mass is 16.7. The van der Waals surface area contributed by atoms with Gasteiger partial charge in [0.1, 0.15) is 0 Å². The molecule has 1 saturated heterocycles. The normalized spacial score (nSPS) is 26.5. The van der Waals surface area contributed by atoms with E-state index in [1.807, 2.05) is 6.08 Å². The minimum absolute atomic E-state index is 0.0422. The Kier molecular flexibility index (Phi) is 6.69. The number of hydrogen-bond donors (Lipinski definition) is 0. The van der Waals surface area contributed by atoms with Crippen molar-refractivity contribution >= 4 is 0 Å². The van der Waals surface area contributed by atoms with Crippen molar-refractivity contribution in [2.45, 2.75) is 64.3 Å². The van der Waals surface area contributed by atoms with E-state index < -0.39 is 0 Å². The molecule has 0 unspecified atom stereocenters. The van der Waals surface area contributed by atoms with Crippen LogP contribution in [0.2, 0.25) is 0 Å². The Balaban J connectivity index is 2.10. The Morgan fingerprint density at radius 1 is 1.33 bits per heavy atom. The highest BCUT2D eigenvalue weighted by Crippen LogP contribution is 2.19. The molecule has 1 rings (SSSR count). The fourth-order valence-electron chi connectivity index (χ4n) is 1.90. The summed E-state index contributed by atoms with van der Waals surface area (Å²) in [6.45, 7) is 6.82. The van der Waals surface area contributed by atoms with Gasteiger partial charge in [0.25, 0.3) is 0 Å². The van der Waals surface area contributed by atoms with Gasteiger partial charge in [0, 0.05) is 0 Å². The summed E-state index contributed by atoms with van der Waals surface area (Å²) >= 11 is 0. The molecule has 1 aliphatic rings. The van der Waals surface area contributed by atoms with Crippen LogP contribution in [0.25, 0.3) is 0 Å². The minimum Gasteiger partial charge on any atom is -0.353 e. The van der Waals surface area contributed by atoms with Crippen LogP contribution < -0.4 is 0 Å². The van der Waals surface area contributed by atoms with E-state index >= 15 is 0 Å². The van der Waals surface area contributed by atoms with Crippen molar-refractivity contribution in [1.82, 2.24) is 0 Å². The summed E-state index contributed by atoms with van der Waals surface area (Å²) in [6, 6.07) is 0. The topological polar surface area (TPSA) is 18.5 Å². The molecule has 2 atom stereocenters. The molecule has 0 aliphatic carbocycles. The van der Waals surface area contributed by atoms with Crippen molar-refractivity contribution in [2.75, 3.05) is 6.61 Å². The molecular formula is C13H24O2. The van der Waals surface area contributed by atoms with E-state index in [1.54, 1.807) is 0 Å². The highest BCUT2D eigenvalue weighted by Gasteiger charge is 2.21. The van der Waals surface area contributed by atoms with Gasteiger partial charge in [-0.15, -0.1) is 6.58 Å². The fourth-order valence-corrected chi connectivity index (χ4v) is 1.90. The molecule has 0 bridgehead atoms. The molecule has 88 valence electrons. The first-order valence-corrected chi connectivity index (χ1v) is 6.24. The molecule has 0 aromatic heterocycles. The van der Waals surface area contributed by atoms with Crippen LogP contribution in [-0.4, -0.2) is 19.0 Å². The number of hydrogen-bond acceptors (Lipinski definition) is 2. The van der Waals surface area contributed by atoms with Gasteiger partial charge in [-0.2, -0.15) is 0 Å². The van der Waals surface area contributed by atoms with E-state index in [1.165, 1.54) is 25.7 Å². The molecule has 0 amide bonds. The van der Waals surface area contributed by atoms with Gasteiger partial charge in [-0.1, -0.05) is 32.3 Å². The molecule has 1 aliphatic heterocycles. The first kappa shape index (κ1) is 12.7. The van der Waals surface area contributed by atoms with Crippen molar-refractivity contribution in [3.63, 3.8) is 0 Å². The smallest absolute Gasteiger partial charge is 0.157 e. The second-order valence-corrected chi connectivity index (χ2v) is 4.22. The molecule has 2 heteroatoms. The van der Waals surface area contributed by atoms with Crippen molar-refractivity contribution in [2.24, 2.45) is 0 Å². The predicted octanol–water partition coefficient (Wildman–Crippen LogP) is 3.66. The zero-order chi connectivity index (χ0) is 10.9. The summed E-state index contributed by atoms with van der Waals surface area (Å²) in [7, 11) is 0. The average molecular weight is 212 g/mol. The molecule has 1 fully saturated rings. The number of unbranched alkanes of at least 4 members (excludes halogenated alkanes) is 3. The van der Waals surface area contributed by atoms with Crippen molar-refractivity contribution in [3.8, 4) is 0 Å². The average Bonchev–Trinajstić information content (AvgIpc) is 2.26. The summed E-state index contributed by atoms with van der Waals surface area (Å²) in [6.07, 6.45) is 10.5. The first-order valence-electron chi connectivity index (χ1n) is 6.24. The molecule has 1 heterocycles. The lowest BCUT2D eigenvalue weighted by molar-refractivity contribution is -0.213. The standard InChI is InChI=1S/C13H24O2/c1-3-5-6-7-9-13-14-11-10-12(15-13)8-4-2/h4,12-13H,2-3,5-11H2,1H3/t12-,13-/m0/s1. The molecule has 0 radical (unpaired) electrons. The van der Waals surface area contributed by atoms with Crippen molar-refractivity contribution < 1.29 is 9.47 Å². The number of ether oxygens (including phenoxy) is 2. The van der Waals surface area contributed by atoms with Gasteiger partial charge in [0.2, 0.25) is 0 Å². The molecular weight excluding hydrogens is 188 g/mol. The summed E-state index contributed by atoms with van der Waals surface area (Å²) in [5.41, 5.74) is 0. The molecule has 0 spiro atoms. The van der Waals surface area contributed by atoms with Gasteiger partial charge in [0.05, 0.1) is 12.7 Å². The monoisotopic (exact) mass is 212 g/mol. The van der Waals surface area contributed by atoms with Crippen LogP contribution in [0.5, 0.6) is 0 Å².